The van der Waals surface area contributed by atoms with E-state index in [2.05, 4.69) is 15.6 Å². The standard InChI is InChI=1S/C20H24N4O4S/c1-4-20(5-2)17(26)24(19(27)23-20)11-16(25)22-18-21-14(12-29-18)13-9-7-8-10-15(13)28-6-3/h7-10,12H,4-6,11H2,1-3H3,(H,23,27)(H,21,22,25). The van der Waals surface area contributed by atoms with Gasteiger partial charge in [0, 0.05) is 10.9 Å². The summed E-state index contributed by atoms with van der Waals surface area (Å²) in [4.78, 5) is 42.6. The lowest BCUT2D eigenvalue weighted by molar-refractivity contribution is -0.134. The van der Waals surface area contributed by atoms with Crippen LogP contribution in [0.1, 0.15) is 33.6 Å². The third kappa shape index (κ3) is 4.09. The van der Waals surface area contributed by atoms with Gasteiger partial charge in [-0.05, 0) is 31.9 Å². The van der Waals surface area contributed by atoms with Crippen molar-refractivity contribution in [3.63, 3.8) is 0 Å². The van der Waals surface area contributed by atoms with Gasteiger partial charge in [-0.3, -0.25) is 14.5 Å². The summed E-state index contributed by atoms with van der Waals surface area (Å²) in [5.41, 5.74) is 0.588. The van der Waals surface area contributed by atoms with E-state index in [1.54, 1.807) is 0 Å². The molecular weight excluding hydrogens is 392 g/mol. The maximum atomic E-state index is 12.6. The van der Waals surface area contributed by atoms with Gasteiger partial charge < -0.3 is 15.4 Å². The Labute approximate surface area is 173 Å². The number of nitrogens with one attached hydrogen (secondary N) is 2. The number of rotatable bonds is 8. The highest BCUT2D eigenvalue weighted by molar-refractivity contribution is 7.14. The first-order valence-electron chi connectivity index (χ1n) is 9.55. The lowest BCUT2D eigenvalue weighted by atomic mass is 9.93. The summed E-state index contributed by atoms with van der Waals surface area (Å²) in [6.45, 7) is 5.76. The van der Waals surface area contributed by atoms with Gasteiger partial charge >= 0.3 is 6.03 Å². The number of para-hydroxylation sites is 1. The van der Waals surface area contributed by atoms with Crippen molar-refractivity contribution in [2.75, 3.05) is 18.5 Å². The predicted octanol–water partition coefficient (Wildman–Crippen LogP) is 3.26. The smallest absolute Gasteiger partial charge is 0.325 e. The van der Waals surface area contributed by atoms with Crippen LogP contribution in [0.4, 0.5) is 9.93 Å². The van der Waals surface area contributed by atoms with E-state index >= 15 is 0 Å². The number of nitrogens with zero attached hydrogens (tertiary/aromatic N) is 2. The fraction of sp³-hybridized carbons (Fsp3) is 0.400. The van der Waals surface area contributed by atoms with Crippen LogP contribution in [0, 0.1) is 0 Å². The van der Waals surface area contributed by atoms with Crippen molar-refractivity contribution in [3.8, 4) is 17.0 Å². The van der Waals surface area contributed by atoms with Crippen LogP contribution in [-0.2, 0) is 9.59 Å². The number of imide groups is 1. The zero-order valence-electron chi connectivity index (χ0n) is 16.7. The summed E-state index contributed by atoms with van der Waals surface area (Å²) in [5, 5.41) is 7.59. The SMILES string of the molecule is CCOc1ccccc1-c1csc(NC(=O)CN2C(=O)NC(CC)(CC)C2=O)n1. The molecular formula is C20H24N4O4S. The summed E-state index contributed by atoms with van der Waals surface area (Å²) < 4.78 is 5.62. The van der Waals surface area contributed by atoms with Gasteiger partial charge in [0.15, 0.2) is 5.13 Å². The van der Waals surface area contributed by atoms with E-state index in [0.29, 0.717) is 36.0 Å². The molecule has 29 heavy (non-hydrogen) atoms. The highest BCUT2D eigenvalue weighted by Gasteiger charge is 2.49. The second-order valence-electron chi connectivity index (χ2n) is 6.63. The molecule has 0 radical (unpaired) electrons. The van der Waals surface area contributed by atoms with Gasteiger partial charge in [-0.25, -0.2) is 9.78 Å². The average molecular weight is 417 g/mol. The van der Waals surface area contributed by atoms with E-state index in [-0.39, 0.29) is 12.5 Å². The third-order valence-corrected chi connectivity index (χ3v) is 5.73. The molecule has 1 fully saturated rings. The molecule has 0 bridgehead atoms. The number of amides is 4. The number of benzene rings is 1. The molecule has 8 nitrogen and oxygen atoms in total. The van der Waals surface area contributed by atoms with E-state index < -0.39 is 17.5 Å². The molecule has 1 aliphatic heterocycles. The number of urea groups is 1. The Balaban J connectivity index is 1.69. The van der Waals surface area contributed by atoms with Crippen LogP contribution in [-0.4, -0.2) is 46.4 Å². The first-order chi connectivity index (χ1) is 13.9. The number of thiazole rings is 1. The maximum Gasteiger partial charge on any atom is 0.325 e. The van der Waals surface area contributed by atoms with E-state index in [9.17, 15) is 14.4 Å². The average Bonchev–Trinajstić information content (AvgIpc) is 3.27. The molecule has 0 atom stereocenters. The minimum atomic E-state index is -0.922. The normalized spacial score (nSPS) is 15.3. The van der Waals surface area contributed by atoms with Gasteiger partial charge in [0.1, 0.15) is 17.8 Å². The molecule has 0 aliphatic carbocycles. The fourth-order valence-corrected chi connectivity index (χ4v) is 3.99. The van der Waals surface area contributed by atoms with Crippen LogP contribution >= 0.6 is 11.3 Å². The van der Waals surface area contributed by atoms with Crippen LogP contribution in [0.2, 0.25) is 0 Å². The molecule has 3 rings (SSSR count). The van der Waals surface area contributed by atoms with Gasteiger partial charge in [0.05, 0.1) is 12.3 Å². The molecule has 4 amide bonds. The van der Waals surface area contributed by atoms with Crippen molar-refractivity contribution >= 4 is 34.3 Å². The number of hydrogen-bond donors (Lipinski definition) is 2. The highest BCUT2D eigenvalue weighted by Crippen LogP contribution is 2.32. The Morgan fingerprint density at radius 3 is 2.62 bits per heavy atom. The lowest BCUT2D eigenvalue weighted by Crippen LogP contribution is -2.46. The summed E-state index contributed by atoms with van der Waals surface area (Å²) in [7, 11) is 0. The molecule has 0 spiro atoms. The number of anilines is 1. The fourth-order valence-electron chi connectivity index (χ4n) is 3.27. The Hall–Kier alpha value is -2.94. The van der Waals surface area contributed by atoms with Crippen molar-refractivity contribution in [2.45, 2.75) is 39.2 Å². The van der Waals surface area contributed by atoms with Crippen LogP contribution in [0.15, 0.2) is 29.6 Å². The molecule has 9 heteroatoms. The molecule has 1 aliphatic rings. The molecule has 2 heterocycles. The summed E-state index contributed by atoms with van der Waals surface area (Å²) in [6, 6.07) is 6.99. The molecule has 1 aromatic heterocycles. The van der Waals surface area contributed by atoms with E-state index in [0.717, 1.165) is 10.5 Å². The molecule has 2 aromatic rings. The number of hydrogen-bond acceptors (Lipinski definition) is 6. The van der Waals surface area contributed by atoms with Crippen LogP contribution in [0.3, 0.4) is 0 Å². The molecule has 0 saturated carbocycles. The zero-order chi connectivity index (χ0) is 21.0. The van der Waals surface area contributed by atoms with Crippen molar-refractivity contribution in [1.29, 1.82) is 0 Å². The minimum absolute atomic E-state index is 0.350. The van der Waals surface area contributed by atoms with Crippen molar-refractivity contribution in [1.82, 2.24) is 15.2 Å². The summed E-state index contributed by atoms with van der Waals surface area (Å²) in [5.74, 6) is -0.128. The molecule has 2 N–H and O–H groups in total. The summed E-state index contributed by atoms with van der Waals surface area (Å²) >= 11 is 1.27. The van der Waals surface area contributed by atoms with Gasteiger partial charge in [-0.1, -0.05) is 26.0 Å². The number of carbonyl (C=O) groups is 3. The van der Waals surface area contributed by atoms with Crippen LogP contribution in [0.5, 0.6) is 5.75 Å². The van der Waals surface area contributed by atoms with Crippen molar-refractivity contribution < 1.29 is 19.1 Å². The quantitative estimate of drug-likeness (QED) is 0.644. The van der Waals surface area contributed by atoms with Gasteiger partial charge in [0.2, 0.25) is 5.91 Å². The Morgan fingerprint density at radius 1 is 1.24 bits per heavy atom. The predicted molar refractivity (Wildman–Crippen MR) is 111 cm³/mol. The van der Waals surface area contributed by atoms with Crippen LogP contribution in [0.25, 0.3) is 11.3 Å². The van der Waals surface area contributed by atoms with E-state index in [4.69, 9.17) is 4.74 Å². The van der Waals surface area contributed by atoms with Crippen molar-refractivity contribution in [2.24, 2.45) is 0 Å². The monoisotopic (exact) mass is 416 g/mol. The molecule has 154 valence electrons. The Kier molecular flexibility index (Phi) is 6.17. The maximum absolute atomic E-state index is 12.6. The van der Waals surface area contributed by atoms with Gasteiger partial charge in [-0.2, -0.15) is 0 Å². The highest BCUT2D eigenvalue weighted by atomic mass is 32.1. The second kappa shape index (κ2) is 8.60. The molecule has 1 aromatic carbocycles. The first-order valence-corrected chi connectivity index (χ1v) is 10.4. The van der Waals surface area contributed by atoms with Gasteiger partial charge in [-0.15, -0.1) is 11.3 Å². The Bertz CT molecular complexity index is 923. The Morgan fingerprint density at radius 2 is 1.97 bits per heavy atom. The van der Waals surface area contributed by atoms with Crippen LogP contribution < -0.4 is 15.4 Å². The number of carbonyl (C=O) groups excluding carboxylic acids is 3. The lowest BCUT2D eigenvalue weighted by Gasteiger charge is -2.22. The molecule has 0 unspecified atom stereocenters. The number of ether oxygens (including phenoxy) is 1. The van der Waals surface area contributed by atoms with E-state index in [1.165, 1.54) is 11.3 Å². The van der Waals surface area contributed by atoms with E-state index in [1.807, 2.05) is 50.4 Å². The zero-order valence-corrected chi connectivity index (χ0v) is 17.5. The largest absolute Gasteiger partial charge is 0.493 e. The van der Waals surface area contributed by atoms with Crippen molar-refractivity contribution in [3.05, 3.63) is 29.6 Å². The van der Waals surface area contributed by atoms with Gasteiger partial charge in [0.25, 0.3) is 5.91 Å². The topological polar surface area (TPSA) is 101 Å². The number of aromatic nitrogens is 1. The molecule has 1 saturated heterocycles. The third-order valence-electron chi connectivity index (χ3n) is 4.97. The first kappa shape index (κ1) is 20.8. The second-order valence-corrected chi connectivity index (χ2v) is 7.48. The summed E-state index contributed by atoms with van der Waals surface area (Å²) in [6.07, 6.45) is 0.947. The minimum Gasteiger partial charge on any atom is -0.493 e.